The zero-order valence-electron chi connectivity index (χ0n) is 13.8. The standard InChI is InChI=1S/C17H24N2O4/c1-10-5-4-6-14(12(10)3)19-16(21)9-23-17(22)13-8-18-11(2)7-15(13)20/h7-8,10,12,14H,4-6,9H2,1-3H3,(H,18,20)(H,19,21). The van der Waals surface area contributed by atoms with Crippen LogP contribution in [0.5, 0.6) is 0 Å². The Balaban J connectivity index is 1.86. The number of ether oxygens (including phenoxy) is 1. The second-order valence-electron chi connectivity index (χ2n) is 6.41. The largest absolute Gasteiger partial charge is 0.452 e. The maximum Gasteiger partial charge on any atom is 0.344 e. The summed E-state index contributed by atoms with van der Waals surface area (Å²) in [6, 6.07) is 1.44. The number of carbonyl (C=O) groups excluding carboxylic acids is 2. The molecule has 0 aliphatic heterocycles. The van der Waals surface area contributed by atoms with Gasteiger partial charge in [0.25, 0.3) is 5.91 Å². The van der Waals surface area contributed by atoms with Crippen LogP contribution < -0.4 is 10.7 Å². The second kappa shape index (κ2) is 7.44. The summed E-state index contributed by atoms with van der Waals surface area (Å²) in [6.45, 7) is 5.67. The molecule has 2 rings (SSSR count). The molecule has 23 heavy (non-hydrogen) atoms. The summed E-state index contributed by atoms with van der Waals surface area (Å²) in [7, 11) is 0. The predicted molar refractivity (Wildman–Crippen MR) is 86.2 cm³/mol. The van der Waals surface area contributed by atoms with Crippen molar-refractivity contribution in [2.75, 3.05) is 6.61 Å². The van der Waals surface area contributed by atoms with E-state index in [1.165, 1.54) is 18.7 Å². The van der Waals surface area contributed by atoms with E-state index in [0.29, 0.717) is 17.5 Å². The first-order valence-electron chi connectivity index (χ1n) is 8.04. The van der Waals surface area contributed by atoms with Crippen molar-refractivity contribution in [3.8, 4) is 0 Å². The highest BCUT2D eigenvalue weighted by Crippen LogP contribution is 2.29. The van der Waals surface area contributed by atoms with Crippen molar-refractivity contribution in [2.24, 2.45) is 11.8 Å². The minimum atomic E-state index is -0.786. The molecular formula is C17H24N2O4. The van der Waals surface area contributed by atoms with Gasteiger partial charge in [0.1, 0.15) is 5.56 Å². The summed E-state index contributed by atoms with van der Waals surface area (Å²) in [5.41, 5.74) is 0.147. The minimum absolute atomic E-state index is 0.0944. The molecular weight excluding hydrogens is 296 g/mol. The molecule has 1 fully saturated rings. The zero-order valence-corrected chi connectivity index (χ0v) is 13.8. The van der Waals surface area contributed by atoms with Crippen LogP contribution in [-0.2, 0) is 9.53 Å². The number of amides is 1. The first-order chi connectivity index (χ1) is 10.9. The van der Waals surface area contributed by atoms with Crippen LogP contribution in [0.2, 0.25) is 0 Å². The van der Waals surface area contributed by atoms with E-state index < -0.39 is 11.4 Å². The molecule has 1 aliphatic rings. The average Bonchev–Trinajstić information content (AvgIpc) is 2.49. The number of hydrogen-bond acceptors (Lipinski definition) is 4. The topological polar surface area (TPSA) is 88.3 Å². The first kappa shape index (κ1) is 17.2. The molecule has 1 heterocycles. The molecule has 1 aliphatic carbocycles. The Kier molecular flexibility index (Phi) is 5.58. The molecule has 3 atom stereocenters. The summed E-state index contributed by atoms with van der Waals surface area (Å²) >= 11 is 0. The number of carbonyl (C=O) groups is 2. The third kappa shape index (κ3) is 4.43. The van der Waals surface area contributed by atoms with Gasteiger partial charge in [0.2, 0.25) is 0 Å². The average molecular weight is 320 g/mol. The van der Waals surface area contributed by atoms with Crippen molar-refractivity contribution in [2.45, 2.75) is 46.1 Å². The van der Waals surface area contributed by atoms with E-state index in [-0.39, 0.29) is 24.1 Å². The van der Waals surface area contributed by atoms with Gasteiger partial charge in [0, 0.05) is 24.0 Å². The lowest BCUT2D eigenvalue weighted by atomic mass is 9.78. The number of H-pyrrole nitrogens is 1. The summed E-state index contributed by atoms with van der Waals surface area (Å²) in [5, 5.41) is 2.93. The Morgan fingerprint density at radius 2 is 2.09 bits per heavy atom. The Morgan fingerprint density at radius 3 is 2.78 bits per heavy atom. The van der Waals surface area contributed by atoms with Gasteiger partial charge in [-0.25, -0.2) is 4.79 Å². The van der Waals surface area contributed by atoms with E-state index in [1.54, 1.807) is 6.92 Å². The van der Waals surface area contributed by atoms with Gasteiger partial charge in [-0.2, -0.15) is 0 Å². The molecule has 2 N–H and O–H groups in total. The Labute approximate surface area is 135 Å². The third-order valence-electron chi connectivity index (χ3n) is 4.66. The second-order valence-corrected chi connectivity index (χ2v) is 6.41. The zero-order chi connectivity index (χ0) is 17.0. The number of esters is 1. The quantitative estimate of drug-likeness (QED) is 0.828. The molecule has 0 saturated heterocycles. The molecule has 126 valence electrons. The molecule has 1 aromatic rings. The van der Waals surface area contributed by atoms with Crippen LogP contribution in [0.25, 0.3) is 0 Å². The number of nitrogens with one attached hydrogen (secondary N) is 2. The van der Waals surface area contributed by atoms with Crippen molar-refractivity contribution >= 4 is 11.9 Å². The Hall–Kier alpha value is -2.11. The van der Waals surface area contributed by atoms with Gasteiger partial charge >= 0.3 is 5.97 Å². The Morgan fingerprint density at radius 1 is 1.35 bits per heavy atom. The van der Waals surface area contributed by atoms with Crippen molar-refractivity contribution < 1.29 is 14.3 Å². The molecule has 0 spiro atoms. The first-order valence-corrected chi connectivity index (χ1v) is 8.04. The van der Waals surface area contributed by atoms with E-state index >= 15 is 0 Å². The van der Waals surface area contributed by atoms with E-state index in [1.807, 2.05) is 0 Å². The number of aryl methyl sites for hydroxylation is 1. The fraction of sp³-hybridized carbons (Fsp3) is 0.588. The van der Waals surface area contributed by atoms with Gasteiger partial charge in [-0.1, -0.05) is 26.7 Å². The van der Waals surface area contributed by atoms with Crippen LogP contribution in [0.4, 0.5) is 0 Å². The minimum Gasteiger partial charge on any atom is -0.452 e. The van der Waals surface area contributed by atoms with Gasteiger partial charge in [0.15, 0.2) is 12.0 Å². The fourth-order valence-corrected chi connectivity index (χ4v) is 2.98. The lowest BCUT2D eigenvalue weighted by molar-refractivity contribution is -0.125. The maximum atomic E-state index is 12.0. The van der Waals surface area contributed by atoms with Crippen LogP contribution >= 0.6 is 0 Å². The lowest BCUT2D eigenvalue weighted by Gasteiger charge is -2.34. The van der Waals surface area contributed by atoms with Crippen molar-refractivity contribution in [3.05, 3.63) is 33.7 Å². The third-order valence-corrected chi connectivity index (χ3v) is 4.66. The highest BCUT2D eigenvalue weighted by molar-refractivity contribution is 5.90. The normalized spacial score (nSPS) is 24.0. The Bertz CT molecular complexity index is 638. The fourth-order valence-electron chi connectivity index (χ4n) is 2.98. The SMILES string of the molecule is Cc1cc(=O)c(C(=O)OCC(=O)NC2CCCC(C)C2C)c[nH]1. The van der Waals surface area contributed by atoms with Crippen LogP contribution in [0, 0.1) is 18.8 Å². The summed E-state index contributed by atoms with van der Waals surface area (Å²) in [5.74, 6) is -0.134. The molecule has 3 unspecified atom stereocenters. The monoisotopic (exact) mass is 320 g/mol. The number of rotatable bonds is 4. The van der Waals surface area contributed by atoms with Crippen molar-refractivity contribution in [1.29, 1.82) is 0 Å². The van der Waals surface area contributed by atoms with E-state index in [2.05, 4.69) is 24.1 Å². The summed E-state index contributed by atoms with van der Waals surface area (Å²) in [6.07, 6.45) is 4.53. The molecule has 0 radical (unpaired) electrons. The van der Waals surface area contributed by atoms with Gasteiger partial charge in [-0.05, 0) is 25.2 Å². The van der Waals surface area contributed by atoms with Gasteiger partial charge in [0.05, 0.1) is 0 Å². The summed E-state index contributed by atoms with van der Waals surface area (Å²) < 4.78 is 4.94. The number of hydrogen-bond donors (Lipinski definition) is 2. The van der Waals surface area contributed by atoms with E-state index in [4.69, 9.17) is 4.74 Å². The highest BCUT2D eigenvalue weighted by Gasteiger charge is 2.28. The molecule has 6 nitrogen and oxygen atoms in total. The molecule has 1 aromatic heterocycles. The van der Waals surface area contributed by atoms with Gasteiger partial charge in [-0.3, -0.25) is 9.59 Å². The number of aromatic amines is 1. The van der Waals surface area contributed by atoms with Crippen LogP contribution in [0.15, 0.2) is 17.1 Å². The summed E-state index contributed by atoms with van der Waals surface area (Å²) in [4.78, 5) is 38.3. The number of pyridine rings is 1. The maximum absolute atomic E-state index is 12.0. The molecule has 6 heteroatoms. The highest BCUT2D eigenvalue weighted by atomic mass is 16.5. The van der Waals surface area contributed by atoms with Crippen molar-refractivity contribution in [1.82, 2.24) is 10.3 Å². The van der Waals surface area contributed by atoms with Crippen LogP contribution in [-0.4, -0.2) is 29.5 Å². The molecule has 0 aromatic carbocycles. The van der Waals surface area contributed by atoms with Gasteiger partial charge in [-0.15, -0.1) is 0 Å². The van der Waals surface area contributed by atoms with Crippen LogP contribution in [0.3, 0.4) is 0 Å². The predicted octanol–water partition coefficient (Wildman–Crippen LogP) is 1.78. The molecule has 1 saturated carbocycles. The number of aromatic nitrogens is 1. The van der Waals surface area contributed by atoms with Gasteiger partial charge < -0.3 is 15.0 Å². The van der Waals surface area contributed by atoms with E-state index in [9.17, 15) is 14.4 Å². The molecule has 0 bridgehead atoms. The smallest absolute Gasteiger partial charge is 0.344 e. The lowest BCUT2D eigenvalue weighted by Crippen LogP contribution is -2.45. The van der Waals surface area contributed by atoms with E-state index in [0.717, 1.165) is 12.8 Å². The van der Waals surface area contributed by atoms with Crippen LogP contribution in [0.1, 0.15) is 49.2 Å². The van der Waals surface area contributed by atoms with Crippen molar-refractivity contribution in [3.63, 3.8) is 0 Å². The molecule has 1 amide bonds.